The van der Waals surface area contributed by atoms with E-state index in [0.29, 0.717) is 5.69 Å². The average molecular weight is 257 g/mol. The van der Waals surface area contributed by atoms with Crippen LogP contribution in [-0.4, -0.2) is 39.6 Å². The highest BCUT2D eigenvalue weighted by Crippen LogP contribution is 1.98. The van der Waals surface area contributed by atoms with Crippen molar-refractivity contribution >= 4 is 24.4 Å². The smallest absolute Gasteiger partial charge is 0.240 e. The molecule has 0 unspecified atom stereocenters. The Kier molecular flexibility index (Phi) is 4.98. The van der Waals surface area contributed by atoms with Gasteiger partial charge in [-0.25, -0.2) is 4.98 Å². The van der Waals surface area contributed by atoms with Crippen molar-refractivity contribution in [3.8, 4) is 0 Å². The summed E-state index contributed by atoms with van der Waals surface area (Å²) < 4.78 is 0. The second-order valence-electron chi connectivity index (χ2n) is 3.53. The van der Waals surface area contributed by atoms with E-state index in [1.807, 2.05) is 0 Å². The molecule has 8 heteroatoms. The number of imidazole rings is 1. The van der Waals surface area contributed by atoms with Gasteiger partial charge >= 0.3 is 0 Å². The topological polar surface area (TPSA) is 127 Å². The second-order valence-corrected chi connectivity index (χ2v) is 3.90. The zero-order valence-corrected chi connectivity index (χ0v) is 9.98. The lowest BCUT2D eigenvalue weighted by molar-refractivity contribution is -0.127. The molecule has 1 aromatic heterocycles. The molecule has 94 valence electrons. The number of carbonyl (C=O) groups is 2. The maximum atomic E-state index is 11.5. The van der Waals surface area contributed by atoms with E-state index in [-0.39, 0.29) is 12.2 Å². The van der Waals surface area contributed by atoms with Gasteiger partial charge in [0.1, 0.15) is 6.04 Å². The Morgan fingerprint density at radius 1 is 1.59 bits per heavy atom. The molecule has 0 aliphatic rings. The fourth-order valence-corrected chi connectivity index (χ4v) is 1.37. The summed E-state index contributed by atoms with van der Waals surface area (Å²) in [6.07, 6.45) is 3.29. The van der Waals surface area contributed by atoms with Gasteiger partial charge in [0.15, 0.2) is 0 Å². The fraction of sp³-hybridized carbons (Fsp3) is 0.444. The molecule has 7 nitrogen and oxygen atoms in total. The molecular weight excluding hydrogens is 242 g/mol. The summed E-state index contributed by atoms with van der Waals surface area (Å²) in [6.45, 7) is 0. The molecule has 0 saturated carbocycles. The van der Waals surface area contributed by atoms with E-state index < -0.39 is 23.9 Å². The predicted molar refractivity (Wildman–Crippen MR) is 65.2 cm³/mol. The molecular formula is C9H15N5O2S. The van der Waals surface area contributed by atoms with Gasteiger partial charge in [0.05, 0.1) is 12.4 Å². The Balaban J connectivity index is 2.61. The second kappa shape index (κ2) is 6.26. The summed E-state index contributed by atoms with van der Waals surface area (Å²) in [7, 11) is 0. The first-order chi connectivity index (χ1) is 8.04. The maximum absolute atomic E-state index is 11.5. The third-order valence-electron chi connectivity index (χ3n) is 2.17. The van der Waals surface area contributed by atoms with Gasteiger partial charge in [-0.1, -0.05) is 0 Å². The van der Waals surface area contributed by atoms with Crippen LogP contribution in [-0.2, 0) is 16.0 Å². The molecule has 0 saturated heterocycles. The number of aromatic amines is 1. The van der Waals surface area contributed by atoms with Crippen LogP contribution in [0.3, 0.4) is 0 Å². The number of H-pyrrole nitrogens is 1. The quantitative estimate of drug-likeness (QED) is 0.384. The van der Waals surface area contributed by atoms with Crippen LogP contribution < -0.4 is 16.8 Å². The predicted octanol–water partition coefficient (Wildman–Crippen LogP) is -1.82. The highest BCUT2D eigenvalue weighted by molar-refractivity contribution is 7.80. The number of amides is 2. The Hall–Kier alpha value is -1.54. The first-order valence-electron chi connectivity index (χ1n) is 4.98. The van der Waals surface area contributed by atoms with E-state index >= 15 is 0 Å². The van der Waals surface area contributed by atoms with E-state index in [4.69, 9.17) is 11.5 Å². The largest absolute Gasteiger partial charge is 0.368 e. The van der Waals surface area contributed by atoms with E-state index in [9.17, 15) is 9.59 Å². The van der Waals surface area contributed by atoms with Gasteiger partial charge in [0.25, 0.3) is 0 Å². The molecule has 2 amide bonds. The van der Waals surface area contributed by atoms with Crippen LogP contribution >= 0.6 is 12.6 Å². The molecule has 0 radical (unpaired) electrons. The maximum Gasteiger partial charge on any atom is 0.240 e. The average Bonchev–Trinajstić information content (AvgIpc) is 2.79. The number of hydrogen-bond donors (Lipinski definition) is 5. The third kappa shape index (κ3) is 4.08. The van der Waals surface area contributed by atoms with Gasteiger partial charge in [-0.2, -0.15) is 12.6 Å². The Labute approximate surface area is 104 Å². The number of nitrogens with one attached hydrogen (secondary N) is 2. The van der Waals surface area contributed by atoms with Crippen LogP contribution in [0.2, 0.25) is 0 Å². The minimum Gasteiger partial charge on any atom is -0.368 e. The van der Waals surface area contributed by atoms with Crippen molar-refractivity contribution in [3.63, 3.8) is 0 Å². The highest BCUT2D eigenvalue weighted by atomic mass is 32.1. The van der Waals surface area contributed by atoms with Crippen molar-refractivity contribution in [1.82, 2.24) is 15.3 Å². The molecule has 0 spiro atoms. The first-order valence-corrected chi connectivity index (χ1v) is 5.61. The summed E-state index contributed by atoms with van der Waals surface area (Å²) in [4.78, 5) is 29.3. The highest BCUT2D eigenvalue weighted by Gasteiger charge is 2.21. The Morgan fingerprint density at radius 3 is 2.76 bits per heavy atom. The summed E-state index contributed by atoms with van der Waals surface area (Å²) in [5.74, 6) is -0.885. The van der Waals surface area contributed by atoms with Crippen molar-refractivity contribution in [2.75, 3.05) is 5.75 Å². The molecule has 0 aliphatic heterocycles. The lowest BCUT2D eigenvalue weighted by Crippen LogP contribution is -2.51. The number of primary amides is 1. The number of aromatic nitrogens is 2. The van der Waals surface area contributed by atoms with E-state index in [2.05, 4.69) is 27.9 Å². The standard InChI is InChI=1S/C9H15N5O2S/c10-6(3-17)9(16)14-7(8(11)15)1-5-2-12-4-13-5/h2,4,6-7,17H,1,3,10H2,(H2,11,15)(H,12,13)(H,14,16)/t6-,7+/m0/s1. The summed E-state index contributed by atoms with van der Waals surface area (Å²) in [6, 6.07) is -1.57. The van der Waals surface area contributed by atoms with Gasteiger partial charge in [0.2, 0.25) is 11.8 Å². The fourth-order valence-electron chi connectivity index (χ4n) is 1.20. The molecule has 0 aliphatic carbocycles. The van der Waals surface area contributed by atoms with E-state index in [1.165, 1.54) is 6.33 Å². The van der Waals surface area contributed by atoms with Crippen LogP contribution in [0.15, 0.2) is 12.5 Å². The van der Waals surface area contributed by atoms with Crippen LogP contribution in [0.25, 0.3) is 0 Å². The van der Waals surface area contributed by atoms with Crippen molar-refractivity contribution in [3.05, 3.63) is 18.2 Å². The third-order valence-corrected chi connectivity index (χ3v) is 2.57. The van der Waals surface area contributed by atoms with Crippen LogP contribution in [0.4, 0.5) is 0 Å². The van der Waals surface area contributed by atoms with E-state index in [1.54, 1.807) is 6.20 Å². The molecule has 0 bridgehead atoms. The molecule has 1 aromatic rings. The number of hydrogen-bond acceptors (Lipinski definition) is 5. The van der Waals surface area contributed by atoms with Crippen molar-refractivity contribution in [2.45, 2.75) is 18.5 Å². The van der Waals surface area contributed by atoms with Crippen molar-refractivity contribution in [2.24, 2.45) is 11.5 Å². The summed E-state index contributed by atoms with van der Waals surface area (Å²) >= 11 is 3.90. The van der Waals surface area contributed by atoms with Gasteiger partial charge in [-0.05, 0) is 0 Å². The normalized spacial score (nSPS) is 14.0. The molecule has 6 N–H and O–H groups in total. The Morgan fingerprint density at radius 2 is 2.29 bits per heavy atom. The lowest BCUT2D eigenvalue weighted by Gasteiger charge is -2.16. The first kappa shape index (κ1) is 13.5. The number of carbonyl (C=O) groups excluding carboxylic acids is 2. The van der Waals surface area contributed by atoms with Crippen molar-refractivity contribution < 1.29 is 9.59 Å². The number of rotatable bonds is 6. The van der Waals surface area contributed by atoms with Crippen LogP contribution in [0.1, 0.15) is 5.69 Å². The molecule has 17 heavy (non-hydrogen) atoms. The lowest BCUT2D eigenvalue weighted by atomic mass is 10.1. The molecule has 0 aromatic carbocycles. The molecule has 2 atom stereocenters. The zero-order chi connectivity index (χ0) is 12.8. The van der Waals surface area contributed by atoms with Crippen LogP contribution in [0, 0.1) is 0 Å². The van der Waals surface area contributed by atoms with Gasteiger partial charge in [0, 0.05) is 24.1 Å². The Bertz CT molecular complexity index is 381. The molecule has 0 fully saturated rings. The van der Waals surface area contributed by atoms with Gasteiger partial charge in [-0.15, -0.1) is 0 Å². The zero-order valence-electron chi connectivity index (χ0n) is 9.09. The van der Waals surface area contributed by atoms with Gasteiger partial charge < -0.3 is 21.8 Å². The SMILES string of the molecule is NC(=O)[C@@H](Cc1cnc[nH]1)NC(=O)[C@@H](N)CS. The number of nitrogens with zero attached hydrogens (tertiary/aromatic N) is 1. The molecule has 1 heterocycles. The molecule has 1 rings (SSSR count). The minimum absolute atomic E-state index is 0.196. The van der Waals surface area contributed by atoms with E-state index in [0.717, 1.165) is 0 Å². The summed E-state index contributed by atoms with van der Waals surface area (Å²) in [5, 5.41) is 2.47. The van der Waals surface area contributed by atoms with Crippen molar-refractivity contribution in [1.29, 1.82) is 0 Å². The summed E-state index contributed by atoms with van der Waals surface area (Å²) in [5.41, 5.74) is 11.4. The minimum atomic E-state index is -0.811. The van der Waals surface area contributed by atoms with Crippen LogP contribution in [0.5, 0.6) is 0 Å². The number of thiol groups is 1. The van der Waals surface area contributed by atoms with Gasteiger partial charge in [-0.3, -0.25) is 9.59 Å². The number of nitrogens with two attached hydrogens (primary N) is 2. The monoisotopic (exact) mass is 257 g/mol.